The van der Waals surface area contributed by atoms with Gasteiger partial charge in [-0.25, -0.2) is 18.2 Å². The van der Waals surface area contributed by atoms with Gasteiger partial charge in [0.1, 0.15) is 24.0 Å². The van der Waals surface area contributed by atoms with Gasteiger partial charge in [-0.1, -0.05) is 20.8 Å². The van der Waals surface area contributed by atoms with Gasteiger partial charge in [-0.2, -0.15) is 0 Å². The van der Waals surface area contributed by atoms with E-state index in [1.165, 1.54) is 24.3 Å². The first-order chi connectivity index (χ1) is 15.4. The third-order valence-corrected chi connectivity index (χ3v) is 3.90. The van der Waals surface area contributed by atoms with Gasteiger partial charge < -0.3 is 21.0 Å². The first kappa shape index (κ1) is 29.7. The van der Waals surface area contributed by atoms with Gasteiger partial charge in [-0.15, -0.1) is 0 Å². The third kappa shape index (κ3) is 11.7. The first-order valence-corrected chi connectivity index (χ1v) is 9.84. The molecule has 33 heavy (non-hydrogen) atoms. The molecule has 1 aromatic heterocycles. The fourth-order valence-electron chi connectivity index (χ4n) is 1.98. The monoisotopic (exact) mass is 469 g/mol. The van der Waals surface area contributed by atoms with E-state index in [0.29, 0.717) is 17.9 Å². The molecule has 182 valence electrons. The van der Waals surface area contributed by atoms with Crippen LogP contribution in [0.25, 0.3) is 0 Å². The van der Waals surface area contributed by atoms with Crippen LogP contribution in [0.15, 0.2) is 41.7 Å². The average Bonchev–Trinajstić information content (AvgIpc) is 2.76. The van der Waals surface area contributed by atoms with E-state index in [2.05, 4.69) is 20.3 Å². The number of anilines is 1. The maximum atomic E-state index is 12.7. The maximum absolute atomic E-state index is 12.7. The number of aliphatic hydroxyl groups is 1. The van der Waals surface area contributed by atoms with Crippen LogP contribution in [0.3, 0.4) is 0 Å². The Morgan fingerprint density at radius 1 is 1.18 bits per heavy atom. The molecule has 0 radical (unpaired) electrons. The maximum Gasteiger partial charge on any atom is 0.281 e. The summed E-state index contributed by atoms with van der Waals surface area (Å²) in [5, 5.41) is 11.1. The number of amidine groups is 1. The van der Waals surface area contributed by atoms with Gasteiger partial charge in [0.15, 0.2) is 0 Å². The molecule has 0 saturated heterocycles. The smallest absolute Gasteiger partial charge is 0.281 e. The van der Waals surface area contributed by atoms with E-state index in [-0.39, 0.29) is 23.8 Å². The lowest BCUT2D eigenvalue weighted by atomic mass is 9.95. The van der Waals surface area contributed by atoms with Gasteiger partial charge >= 0.3 is 0 Å². The Kier molecular flexibility index (Phi) is 13.2. The van der Waals surface area contributed by atoms with Gasteiger partial charge in [0.25, 0.3) is 12.3 Å². The molecule has 0 fully saturated rings. The third-order valence-electron chi connectivity index (χ3n) is 3.90. The number of halogens is 3. The van der Waals surface area contributed by atoms with Crippen molar-refractivity contribution in [1.29, 1.82) is 0 Å². The van der Waals surface area contributed by atoms with Crippen molar-refractivity contribution < 1.29 is 27.9 Å². The molecule has 0 saturated carbocycles. The molecule has 0 aliphatic carbocycles. The van der Waals surface area contributed by atoms with Crippen molar-refractivity contribution in [2.24, 2.45) is 16.1 Å². The molecule has 0 aliphatic rings. The first-order valence-electron chi connectivity index (χ1n) is 9.84. The summed E-state index contributed by atoms with van der Waals surface area (Å²) in [5.74, 6) is -0.387. The Morgan fingerprint density at radius 2 is 1.76 bits per heavy atom. The second kappa shape index (κ2) is 14.7. The lowest BCUT2D eigenvalue weighted by molar-refractivity contribution is -0.0980. The number of nitrogens with two attached hydrogens (primary N) is 1. The molecule has 1 unspecified atom stereocenters. The molecule has 1 aromatic carbocycles. The van der Waals surface area contributed by atoms with Crippen molar-refractivity contribution in [3.05, 3.63) is 53.9 Å². The predicted octanol–water partition coefficient (Wildman–Crippen LogP) is 3.78. The van der Waals surface area contributed by atoms with Crippen LogP contribution in [0.1, 0.15) is 56.7 Å². The topological polar surface area (TPSA) is 131 Å². The van der Waals surface area contributed by atoms with E-state index in [9.17, 15) is 18.0 Å². The highest BCUT2D eigenvalue weighted by Crippen LogP contribution is 2.15. The quantitative estimate of drug-likeness (QED) is 0.436. The van der Waals surface area contributed by atoms with Crippen LogP contribution in [0.4, 0.5) is 18.9 Å². The highest BCUT2D eigenvalue weighted by Gasteiger charge is 2.16. The summed E-state index contributed by atoms with van der Waals surface area (Å²) in [6.07, 6.45) is -0.261. The molecular weight excluding hydrogens is 439 g/mol. The van der Waals surface area contributed by atoms with Gasteiger partial charge in [0.2, 0.25) is 0 Å². The lowest BCUT2D eigenvalue weighted by Crippen LogP contribution is -2.30. The summed E-state index contributed by atoms with van der Waals surface area (Å²) in [7, 11) is 0. The summed E-state index contributed by atoms with van der Waals surface area (Å²) >= 11 is 0. The standard InChI is InChI=1S/C12H8F3N3O.C9H20N2O.CH2O/c13-7-1-3-8(4-2-7)18-12(19)10-6-16-9(5-17-10)11(14)15;1-7(5-6-12)11-8(10)9(2,3)4;1-2/h1-6,11H,(H,18,19);7,12H,5-6H2,1-4H3,(H2,10,11);1H2. The SMILES string of the molecule is C=O.CC(CCO)N=C(N)C(C)(C)C.O=C(Nc1ccc(F)cc1)c1cnc(C(F)F)cn1. The Balaban J connectivity index is 0.000000635. The van der Waals surface area contributed by atoms with Crippen LogP contribution in [0.5, 0.6) is 0 Å². The lowest BCUT2D eigenvalue weighted by Gasteiger charge is -2.19. The highest BCUT2D eigenvalue weighted by molar-refractivity contribution is 6.02. The van der Waals surface area contributed by atoms with Crippen LogP contribution in [-0.2, 0) is 4.79 Å². The van der Waals surface area contributed by atoms with Crippen LogP contribution in [0.2, 0.25) is 0 Å². The molecule has 4 N–H and O–H groups in total. The molecule has 8 nitrogen and oxygen atoms in total. The number of aliphatic imine (C=N–C) groups is 1. The number of carbonyl (C=O) groups is 2. The Hall–Kier alpha value is -3.34. The molecule has 1 heterocycles. The number of amides is 1. The van der Waals surface area contributed by atoms with E-state index in [1.807, 2.05) is 34.5 Å². The number of benzene rings is 1. The minimum atomic E-state index is -2.73. The fourth-order valence-corrected chi connectivity index (χ4v) is 1.98. The zero-order chi connectivity index (χ0) is 25.6. The largest absolute Gasteiger partial charge is 0.396 e. The van der Waals surface area contributed by atoms with Crippen molar-refractivity contribution in [3.8, 4) is 0 Å². The molecule has 2 rings (SSSR count). The molecule has 0 spiro atoms. The van der Waals surface area contributed by atoms with E-state index in [1.54, 1.807) is 0 Å². The van der Waals surface area contributed by atoms with Crippen molar-refractivity contribution in [1.82, 2.24) is 9.97 Å². The summed E-state index contributed by atoms with van der Waals surface area (Å²) in [6, 6.07) is 5.22. The second-order valence-electron chi connectivity index (χ2n) is 7.71. The Morgan fingerprint density at radius 3 is 2.18 bits per heavy atom. The van der Waals surface area contributed by atoms with Crippen LogP contribution in [-0.4, -0.2) is 46.3 Å². The number of hydrogen-bond donors (Lipinski definition) is 3. The fraction of sp³-hybridized carbons (Fsp3) is 0.409. The minimum Gasteiger partial charge on any atom is -0.396 e. The zero-order valence-corrected chi connectivity index (χ0v) is 19.1. The van der Waals surface area contributed by atoms with Gasteiger partial charge in [-0.05, 0) is 37.6 Å². The molecule has 1 amide bonds. The molecule has 0 aliphatic heterocycles. The second-order valence-corrected chi connectivity index (χ2v) is 7.71. The van der Waals surface area contributed by atoms with Crippen LogP contribution in [0, 0.1) is 11.2 Å². The Labute approximate surface area is 191 Å². The molecule has 1 atom stereocenters. The van der Waals surface area contributed by atoms with Gasteiger partial charge in [-0.3, -0.25) is 14.8 Å². The number of rotatable bonds is 6. The predicted molar refractivity (Wildman–Crippen MR) is 121 cm³/mol. The van der Waals surface area contributed by atoms with Crippen molar-refractivity contribution >= 4 is 24.2 Å². The van der Waals surface area contributed by atoms with E-state index < -0.39 is 23.8 Å². The van der Waals surface area contributed by atoms with Crippen molar-refractivity contribution in [2.45, 2.75) is 46.6 Å². The van der Waals surface area contributed by atoms with Crippen LogP contribution >= 0.6 is 0 Å². The number of hydrogen-bond acceptors (Lipinski definition) is 6. The number of aromatic nitrogens is 2. The number of nitrogens with one attached hydrogen (secondary N) is 1. The minimum absolute atomic E-state index is 0.0658. The summed E-state index contributed by atoms with van der Waals surface area (Å²) in [4.78, 5) is 31.0. The van der Waals surface area contributed by atoms with E-state index >= 15 is 0 Å². The number of nitrogens with zero attached hydrogens (tertiary/aromatic N) is 3. The van der Waals surface area contributed by atoms with E-state index in [0.717, 1.165) is 12.4 Å². The van der Waals surface area contributed by atoms with E-state index in [4.69, 9.17) is 15.6 Å². The summed E-state index contributed by atoms with van der Waals surface area (Å²) in [6.45, 7) is 10.2. The van der Waals surface area contributed by atoms with Gasteiger partial charge in [0, 0.05) is 17.7 Å². The van der Waals surface area contributed by atoms with Crippen molar-refractivity contribution in [3.63, 3.8) is 0 Å². The highest BCUT2D eigenvalue weighted by atomic mass is 19.3. The summed E-state index contributed by atoms with van der Waals surface area (Å²) < 4.78 is 37.2. The van der Waals surface area contributed by atoms with Gasteiger partial charge in [0.05, 0.1) is 24.3 Å². The van der Waals surface area contributed by atoms with Crippen LogP contribution < -0.4 is 11.1 Å². The number of alkyl halides is 2. The number of aliphatic hydroxyl groups excluding tert-OH is 1. The Bertz CT molecular complexity index is 870. The number of carbonyl (C=O) groups excluding carboxylic acids is 2. The zero-order valence-electron chi connectivity index (χ0n) is 19.1. The molecule has 0 bridgehead atoms. The average molecular weight is 470 g/mol. The molecule has 11 heteroatoms. The molecule has 2 aromatic rings. The normalized spacial score (nSPS) is 12.1. The molecular formula is C22H30F3N5O3. The summed E-state index contributed by atoms with van der Waals surface area (Å²) in [5.41, 5.74) is 5.45. The van der Waals surface area contributed by atoms with Crippen molar-refractivity contribution in [2.75, 3.05) is 11.9 Å².